The number of hydrogen-bond acceptors (Lipinski definition) is 3. The molecule has 0 aromatic heterocycles. The van der Waals surface area contributed by atoms with Gasteiger partial charge in [-0.05, 0) is 46.1 Å². The highest BCUT2D eigenvalue weighted by Gasteiger charge is 2.34. The number of piperazine rings is 1. The highest BCUT2D eigenvalue weighted by atomic mass is 19.1. The van der Waals surface area contributed by atoms with Crippen molar-refractivity contribution in [1.29, 1.82) is 0 Å². The lowest BCUT2D eigenvalue weighted by Crippen LogP contribution is -2.64. The molecule has 1 aromatic rings. The van der Waals surface area contributed by atoms with Crippen LogP contribution in [0.15, 0.2) is 24.3 Å². The van der Waals surface area contributed by atoms with Crippen molar-refractivity contribution >= 4 is 5.69 Å². The van der Waals surface area contributed by atoms with Crippen molar-refractivity contribution in [2.75, 3.05) is 38.6 Å². The van der Waals surface area contributed by atoms with Crippen LogP contribution in [0, 0.1) is 5.82 Å². The number of hydrogen-bond donors (Lipinski definition) is 1. The van der Waals surface area contributed by atoms with Crippen LogP contribution in [0.4, 0.5) is 10.1 Å². The lowest BCUT2D eigenvalue weighted by molar-refractivity contribution is 0.270. The maximum Gasteiger partial charge on any atom is 0.125 e. The van der Waals surface area contributed by atoms with Crippen LogP contribution in [-0.2, 0) is 0 Å². The van der Waals surface area contributed by atoms with Gasteiger partial charge in [-0.1, -0.05) is 6.07 Å². The second-order valence-electron chi connectivity index (χ2n) is 6.24. The topological polar surface area (TPSA) is 18.5 Å². The number of likely N-dealkylation sites (N-methyl/N-ethyl adjacent to an activating group) is 1. The summed E-state index contributed by atoms with van der Waals surface area (Å²) in [7, 11) is 4.15. The summed E-state index contributed by atoms with van der Waals surface area (Å²) in [6.45, 7) is 7.17. The van der Waals surface area contributed by atoms with E-state index < -0.39 is 0 Å². The Labute approximate surface area is 115 Å². The van der Waals surface area contributed by atoms with Crippen LogP contribution in [0.2, 0.25) is 0 Å². The first kappa shape index (κ1) is 14.3. The van der Waals surface area contributed by atoms with Crippen LogP contribution in [0.3, 0.4) is 0 Å². The van der Waals surface area contributed by atoms with E-state index in [1.807, 2.05) is 6.07 Å². The average Bonchev–Trinajstić information content (AvgIpc) is 2.31. The van der Waals surface area contributed by atoms with Crippen LogP contribution < -0.4 is 10.2 Å². The van der Waals surface area contributed by atoms with Gasteiger partial charge in [0.15, 0.2) is 0 Å². The van der Waals surface area contributed by atoms with Crippen LogP contribution in [-0.4, -0.2) is 50.2 Å². The zero-order valence-electron chi connectivity index (χ0n) is 12.3. The second-order valence-corrected chi connectivity index (χ2v) is 6.24. The van der Waals surface area contributed by atoms with Crippen LogP contribution >= 0.6 is 0 Å². The number of rotatable bonds is 3. The second kappa shape index (κ2) is 5.47. The monoisotopic (exact) mass is 265 g/mol. The van der Waals surface area contributed by atoms with E-state index in [4.69, 9.17) is 0 Å². The smallest absolute Gasteiger partial charge is 0.125 e. The number of anilines is 1. The van der Waals surface area contributed by atoms with Gasteiger partial charge in [-0.25, -0.2) is 4.39 Å². The molecule has 1 N–H and O–H groups in total. The van der Waals surface area contributed by atoms with Gasteiger partial charge >= 0.3 is 0 Å². The van der Waals surface area contributed by atoms with E-state index in [0.29, 0.717) is 6.04 Å². The van der Waals surface area contributed by atoms with E-state index >= 15 is 0 Å². The minimum Gasteiger partial charge on any atom is -0.363 e. The normalized spacial score (nSPS) is 22.8. The predicted molar refractivity (Wildman–Crippen MR) is 78.2 cm³/mol. The molecule has 0 spiro atoms. The molecule has 1 aliphatic heterocycles. The Bertz CT molecular complexity index is 431. The van der Waals surface area contributed by atoms with Crippen molar-refractivity contribution in [3.63, 3.8) is 0 Å². The van der Waals surface area contributed by atoms with Gasteiger partial charge in [0.2, 0.25) is 0 Å². The molecule has 4 heteroatoms. The van der Waals surface area contributed by atoms with E-state index in [1.54, 1.807) is 12.1 Å². The molecule has 1 unspecified atom stereocenters. The third-order valence-corrected chi connectivity index (χ3v) is 3.66. The molecular formula is C15H24FN3. The summed E-state index contributed by atoms with van der Waals surface area (Å²) < 4.78 is 13.4. The first-order valence-corrected chi connectivity index (χ1v) is 6.80. The van der Waals surface area contributed by atoms with Gasteiger partial charge in [0.25, 0.3) is 0 Å². The van der Waals surface area contributed by atoms with E-state index in [9.17, 15) is 4.39 Å². The Morgan fingerprint density at radius 2 is 2.16 bits per heavy atom. The van der Waals surface area contributed by atoms with Crippen LogP contribution in [0.5, 0.6) is 0 Å². The molecule has 0 aliphatic carbocycles. The summed E-state index contributed by atoms with van der Waals surface area (Å²) in [5.41, 5.74) is 0.964. The Morgan fingerprint density at radius 1 is 1.42 bits per heavy atom. The van der Waals surface area contributed by atoms with E-state index in [0.717, 1.165) is 25.3 Å². The number of benzene rings is 1. The maximum absolute atomic E-state index is 13.4. The van der Waals surface area contributed by atoms with E-state index in [2.05, 4.69) is 43.1 Å². The van der Waals surface area contributed by atoms with Crippen molar-refractivity contribution in [3.05, 3.63) is 30.1 Å². The van der Waals surface area contributed by atoms with Gasteiger partial charge < -0.3 is 15.1 Å². The van der Waals surface area contributed by atoms with Crippen molar-refractivity contribution in [3.8, 4) is 0 Å². The molecule has 1 heterocycles. The Hall–Kier alpha value is -1.13. The molecule has 3 nitrogen and oxygen atoms in total. The molecule has 19 heavy (non-hydrogen) atoms. The standard InChI is InChI=1S/C15H24FN3/c1-15(2)11-17-13(9-18(3)4)10-19(15)14-7-5-6-12(16)8-14/h5-8,13,17H,9-11H2,1-4H3. The molecule has 0 radical (unpaired) electrons. The minimum absolute atomic E-state index is 0.00337. The number of halogens is 1. The highest BCUT2D eigenvalue weighted by Crippen LogP contribution is 2.27. The maximum atomic E-state index is 13.4. The zero-order chi connectivity index (χ0) is 14.0. The SMILES string of the molecule is CN(C)CC1CN(c2cccc(F)c2)C(C)(C)CN1. The van der Waals surface area contributed by atoms with Crippen molar-refractivity contribution in [2.45, 2.75) is 25.4 Å². The van der Waals surface area contributed by atoms with E-state index in [1.165, 1.54) is 6.07 Å². The molecule has 1 aliphatic rings. The fourth-order valence-electron chi connectivity index (χ4n) is 2.68. The summed E-state index contributed by atoms with van der Waals surface area (Å²) in [6, 6.07) is 7.30. The van der Waals surface area contributed by atoms with Gasteiger partial charge in [-0.15, -0.1) is 0 Å². The fraction of sp³-hybridized carbons (Fsp3) is 0.600. The van der Waals surface area contributed by atoms with Gasteiger partial charge in [0.05, 0.1) is 0 Å². The lowest BCUT2D eigenvalue weighted by Gasteiger charge is -2.48. The summed E-state index contributed by atoms with van der Waals surface area (Å²) >= 11 is 0. The number of nitrogens with one attached hydrogen (secondary N) is 1. The number of nitrogens with zero attached hydrogens (tertiary/aromatic N) is 2. The molecule has 0 saturated carbocycles. The van der Waals surface area contributed by atoms with Gasteiger partial charge in [-0.3, -0.25) is 0 Å². The molecular weight excluding hydrogens is 241 g/mol. The quantitative estimate of drug-likeness (QED) is 0.901. The average molecular weight is 265 g/mol. The first-order valence-electron chi connectivity index (χ1n) is 6.80. The predicted octanol–water partition coefficient (Wildman–Crippen LogP) is 1.94. The third-order valence-electron chi connectivity index (χ3n) is 3.66. The van der Waals surface area contributed by atoms with Crippen LogP contribution in [0.25, 0.3) is 0 Å². The summed E-state index contributed by atoms with van der Waals surface area (Å²) in [4.78, 5) is 4.49. The Kier molecular flexibility index (Phi) is 4.11. The van der Waals surface area contributed by atoms with Crippen LogP contribution in [0.1, 0.15) is 13.8 Å². The summed E-state index contributed by atoms with van der Waals surface area (Å²) in [5.74, 6) is -0.170. The Balaban J connectivity index is 2.19. The molecule has 1 saturated heterocycles. The summed E-state index contributed by atoms with van der Waals surface area (Å²) in [6.07, 6.45) is 0. The van der Waals surface area contributed by atoms with Crippen molar-refractivity contribution in [2.24, 2.45) is 0 Å². The molecule has 1 atom stereocenters. The Morgan fingerprint density at radius 3 is 2.79 bits per heavy atom. The van der Waals surface area contributed by atoms with E-state index in [-0.39, 0.29) is 11.4 Å². The molecule has 1 aromatic carbocycles. The highest BCUT2D eigenvalue weighted by molar-refractivity contribution is 5.50. The fourth-order valence-corrected chi connectivity index (χ4v) is 2.68. The molecule has 0 amide bonds. The molecule has 1 fully saturated rings. The zero-order valence-corrected chi connectivity index (χ0v) is 12.3. The lowest BCUT2D eigenvalue weighted by atomic mass is 9.96. The molecule has 106 valence electrons. The first-order chi connectivity index (χ1) is 8.88. The largest absolute Gasteiger partial charge is 0.363 e. The van der Waals surface area contributed by atoms with Crippen molar-refractivity contribution in [1.82, 2.24) is 10.2 Å². The third kappa shape index (κ3) is 3.45. The van der Waals surface area contributed by atoms with Gasteiger partial charge in [0, 0.05) is 36.9 Å². The van der Waals surface area contributed by atoms with Gasteiger partial charge in [-0.2, -0.15) is 0 Å². The minimum atomic E-state index is -0.170. The summed E-state index contributed by atoms with van der Waals surface area (Å²) in [5, 5.41) is 3.58. The molecule has 2 rings (SSSR count). The van der Waals surface area contributed by atoms with Gasteiger partial charge in [0.1, 0.15) is 5.82 Å². The van der Waals surface area contributed by atoms with Crippen molar-refractivity contribution < 1.29 is 4.39 Å². The molecule has 0 bridgehead atoms.